The van der Waals surface area contributed by atoms with E-state index >= 15 is 0 Å². The van der Waals surface area contributed by atoms with E-state index in [1.54, 1.807) is 0 Å². The summed E-state index contributed by atoms with van der Waals surface area (Å²) in [6, 6.07) is 30.5. The molecule has 0 saturated heterocycles. The number of hydrogen-bond acceptors (Lipinski definition) is 3. The quantitative estimate of drug-likeness (QED) is 0.485. The van der Waals surface area contributed by atoms with E-state index in [1.807, 2.05) is 91.0 Å². The van der Waals surface area contributed by atoms with E-state index in [9.17, 15) is 7.61 Å². The van der Waals surface area contributed by atoms with Crippen molar-refractivity contribution in [3.8, 4) is 0 Å². The maximum absolute atomic E-state index is 11.2. The average molecular weight is 404 g/mol. The Morgan fingerprint density at radius 3 is 1.38 bits per heavy atom. The molecule has 0 aliphatic rings. The van der Waals surface area contributed by atoms with E-state index in [4.69, 9.17) is 7.64 Å². The Labute approximate surface area is 157 Å². The first-order chi connectivity index (χ1) is 12.5. The van der Waals surface area contributed by atoms with Gasteiger partial charge >= 0.3 is 158 Å². The van der Waals surface area contributed by atoms with Gasteiger partial charge in [-0.05, 0) is 0 Å². The minimum atomic E-state index is -5.18. The Morgan fingerprint density at radius 2 is 1.08 bits per heavy atom. The summed E-state index contributed by atoms with van der Waals surface area (Å²) < 4.78 is 36.3. The number of hydrogen-bond donors (Lipinski definition) is 1. The van der Waals surface area contributed by atoms with Gasteiger partial charge in [-0.15, -0.1) is 0 Å². The standard InChI is InChI=1S/C20H19OSi.Cr.H2O.2O/c21-22-16-20(17-10-4-1-5-11-17,18-12-6-2-7-13-18)19-14-8-3-9-15-19;;;;/h1-15H,16,22H2;;1H2;;/q-1;+2;;;/p-1. The zero-order chi connectivity index (χ0) is 18.5. The third kappa shape index (κ3) is 4.18. The van der Waals surface area contributed by atoms with E-state index in [2.05, 4.69) is 0 Å². The molecule has 0 saturated carbocycles. The molecule has 0 atom stereocenters. The van der Waals surface area contributed by atoms with Crippen molar-refractivity contribution >= 4 is 9.76 Å². The van der Waals surface area contributed by atoms with E-state index < -0.39 is 28.8 Å². The van der Waals surface area contributed by atoms with Crippen LogP contribution in [0.3, 0.4) is 0 Å². The topological polar surface area (TPSA) is 63.6 Å². The monoisotopic (exact) mass is 404 g/mol. The molecule has 26 heavy (non-hydrogen) atoms. The van der Waals surface area contributed by atoms with Crippen molar-refractivity contribution in [1.29, 1.82) is 0 Å². The van der Waals surface area contributed by atoms with Crippen LogP contribution in [-0.4, -0.2) is 13.9 Å². The fraction of sp³-hybridized carbons (Fsp3) is 0.100. The van der Waals surface area contributed by atoms with Crippen molar-refractivity contribution in [3.63, 3.8) is 0 Å². The molecule has 0 unspecified atom stereocenters. The predicted molar refractivity (Wildman–Crippen MR) is 97.2 cm³/mol. The number of rotatable bonds is 7. The summed E-state index contributed by atoms with van der Waals surface area (Å²) in [4.78, 5) is 0. The van der Waals surface area contributed by atoms with Crippen LogP contribution in [0.2, 0.25) is 6.04 Å². The van der Waals surface area contributed by atoms with Crippen molar-refractivity contribution in [2.75, 3.05) is 0 Å². The molecule has 0 heterocycles. The molecule has 0 radical (unpaired) electrons. The van der Waals surface area contributed by atoms with E-state index in [1.165, 1.54) is 0 Å². The fourth-order valence-electron chi connectivity index (χ4n) is 3.40. The second-order valence-corrected chi connectivity index (χ2v) is 9.59. The average Bonchev–Trinajstić information content (AvgIpc) is 2.67. The molecule has 0 fully saturated rings. The molecule has 0 spiro atoms. The first-order valence-electron chi connectivity index (χ1n) is 8.31. The third-order valence-electron chi connectivity index (χ3n) is 4.51. The van der Waals surface area contributed by atoms with E-state index in [0.29, 0.717) is 6.04 Å². The molecule has 0 bridgehead atoms. The van der Waals surface area contributed by atoms with Crippen LogP contribution < -0.4 is 0 Å². The first-order valence-corrected chi connectivity index (χ1v) is 12.0. The summed E-state index contributed by atoms with van der Waals surface area (Å²) in [7, 11) is -1.53. The van der Waals surface area contributed by atoms with Gasteiger partial charge in [0.2, 0.25) is 0 Å². The Hall–Kier alpha value is -2.07. The maximum atomic E-state index is 11.2. The van der Waals surface area contributed by atoms with Crippen LogP contribution in [0.15, 0.2) is 91.0 Å². The summed E-state index contributed by atoms with van der Waals surface area (Å²) in [5.41, 5.74) is 2.67. The van der Waals surface area contributed by atoms with Gasteiger partial charge in [0.1, 0.15) is 0 Å². The summed E-state index contributed by atoms with van der Waals surface area (Å²) in [5.74, 6) is 0. The molecule has 0 aliphatic heterocycles. The fourth-order valence-corrected chi connectivity index (χ4v) is 6.24. The zero-order valence-corrected chi connectivity index (χ0v) is 16.8. The molecule has 0 amide bonds. The van der Waals surface area contributed by atoms with Gasteiger partial charge in [0.05, 0.1) is 0 Å². The molecular weight excluding hydrogens is 384 g/mol. The van der Waals surface area contributed by atoms with Crippen LogP contribution in [0.5, 0.6) is 0 Å². The third-order valence-corrected chi connectivity index (χ3v) is 8.10. The molecule has 3 rings (SSSR count). The van der Waals surface area contributed by atoms with Gasteiger partial charge in [-0.2, -0.15) is 0 Å². The Kier molecular flexibility index (Phi) is 5.82. The molecule has 1 N–H and O–H groups in total. The summed E-state index contributed by atoms with van der Waals surface area (Å²) in [5, 5.41) is 0. The second kappa shape index (κ2) is 8.09. The van der Waals surface area contributed by atoms with Crippen molar-refractivity contribution < 1.29 is 28.9 Å². The molecule has 0 aliphatic carbocycles. The molecule has 3 aromatic carbocycles. The van der Waals surface area contributed by atoms with E-state index in [0.717, 1.165) is 16.7 Å². The van der Waals surface area contributed by atoms with Gasteiger partial charge in [0.25, 0.3) is 0 Å². The van der Waals surface area contributed by atoms with Gasteiger partial charge in [-0.1, -0.05) is 0 Å². The van der Waals surface area contributed by atoms with Crippen LogP contribution in [-0.2, 0) is 30.1 Å². The first kappa shape index (κ1) is 18.7. The van der Waals surface area contributed by atoms with Gasteiger partial charge in [0, 0.05) is 0 Å². The van der Waals surface area contributed by atoms with E-state index in [-0.39, 0.29) is 0 Å². The Morgan fingerprint density at radius 1 is 0.731 bits per heavy atom. The van der Waals surface area contributed by atoms with Crippen LogP contribution in [0.4, 0.5) is 0 Å². The molecule has 0 aromatic heterocycles. The predicted octanol–water partition coefficient (Wildman–Crippen LogP) is 3.21. The van der Waals surface area contributed by atoms with Crippen LogP contribution in [0.1, 0.15) is 16.7 Å². The SMILES string of the molecule is [O]=[Cr](=[O])([OH])[O][SiH2]CC(c1ccccc1)(c1ccccc1)c1ccccc1. The molecule has 134 valence electrons. The molecule has 4 nitrogen and oxygen atoms in total. The van der Waals surface area contributed by atoms with Crippen LogP contribution in [0, 0.1) is 0 Å². The zero-order valence-electron chi connectivity index (χ0n) is 14.2. The van der Waals surface area contributed by atoms with Crippen molar-refractivity contribution in [2.45, 2.75) is 11.5 Å². The van der Waals surface area contributed by atoms with Gasteiger partial charge in [-0.25, -0.2) is 0 Å². The van der Waals surface area contributed by atoms with Crippen molar-refractivity contribution in [3.05, 3.63) is 108 Å². The van der Waals surface area contributed by atoms with Gasteiger partial charge in [0.15, 0.2) is 0 Å². The molecule has 6 heteroatoms. The van der Waals surface area contributed by atoms with Crippen LogP contribution in [0.25, 0.3) is 0 Å². The minimum absolute atomic E-state index is 0.509. The van der Waals surface area contributed by atoms with Gasteiger partial charge < -0.3 is 0 Å². The molecular formula is C20H20CrO4Si. The van der Waals surface area contributed by atoms with Crippen LogP contribution >= 0.6 is 0 Å². The normalized spacial score (nSPS) is 12.5. The van der Waals surface area contributed by atoms with Crippen molar-refractivity contribution in [1.82, 2.24) is 0 Å². The Bertz CT molecular complexity index is 833. The summed E-state index contributed by atoms with van der Waals surface area (Å²) >= 11 is -5.18. The number of benzene rings is 3. The van der Waals surface area contributed by atoms with Crippen molar-refractivity contribution in [2.24, 2.45) is 0 Å². The summed E-state index contributed by atoms with van der Waals surface area (Å²) in [6.45, 7) is 0. The second-order valence-electron chi connectivity index (χ2n) is 6.00. The summed E-state index contributed by atoms with van der Waals surface area (Å²) in [6.07, 6.45) is 0. The van der Waals surface area contributed by atoms with Gasteiger partial charge in [-0.3, -0.25) is 0 Å². The Balaban J connectivity index is 2.18. The molecule has 3 aromatic rings.